The summed E-state index contributed by atoms with van der Waals surface area (Å²) in [7, 11) is 0. The minimum Gasteiger partial charge on any atom is -0.321 e. The van der Waals surface area contributed by atoms with Crippen LogP contribution in [0.1, 0.15) is 18.9 Å². The molecule has 13 heavy (non-hydrogen) atoms. The molecule has 1 aromatic carbocycles. The van der Waals surface area contributed by atoms with E-state index in [9.17, 15) is 4.79 Å². The zero-order chi connectivity index (χ0) is 9.26. The number of fused-ring (bicyclic) bond motifs is 1. The van der Waals surface area contributed by atoms with Gasteiger partial charge in [0.25, 0.3) is 5.91 Å². The third kappa shape index (κ3) is 1.24. The fourth-order valence-corrected chi connectivity index (χ4v) is 1.55. The molecule has 0 spiro atoms. The van der Waals surface area contributed by atoms with Crippen LogP contribution in [-0.4, -0.2) is 5.91 Å². The molecule has 2 heteroatoms. The molecule has 0 bridgehead atoms. The average molecular weight is 173 g/mol. The molecule has 0 aliphatic carbocycles. The second kappa shape index (κ2) is 3.05. The highest BCUT2D eigenvalue weighted by Gasteiger charge is 2.22. The van der Waals surface area contributed by atoms with Gasteiger partial charge in [0, 0.05) is 16.8 Å². The number of rotatable bonds is 1. The minimum atomic E-state index is 0.0167. The Balaban J connectivity index is 2.53. The Kier molecular flexibility index (Phi) is 1.89. The van der Waals surface area contributed by atoms with Crippen LogP contribution in [0.2, 0.25) is 0 Å². The molecule has 0 aromatic heterocycles. The number of carbonyl (C=O) groups excluding carboxylic acids is 1. The van der Waals surface area contributed by atoms with Crippen molar-refractivity contribution in [3.8, 4) is 0 Å². The zero-order valence-corrected chi connectivity index (χ0v) is 7.50. The summed E-state index contributed by atoms with van der Waals surface area (Å²) >= 11 is 0. The summed E-state index contributed by atoms with van der Waals surface area (Å²) in [6.07, 6.45) is 2.85. The molecular weight excluding hydrogens is 162 g/mol. The van der Waals surface area contributed by atoms with Crippen LogP contribution in [0.25, 0.3) is 5.57 Å². The molecule has 1 N–H and O–H groups in total. The summed E-state index contributed by atoms with van der Waals surface area (Å²) in [5.74, 6) is 0.0167. The Morgan fingerprint density at radius 2 is 2.15 bits per heavy atom. The standard InChI is InChI=1S/C11H11NO/c1-2-5-9-8-6-3-4-7-10(8)12-11(9)13/h3-7H,2H2,1H3,(H,12,13)/b9-5-. The quantitative estimate of drug-likeness (QED) is 0.649. The molecule has 1 aromatic rings. The van der Waals surface area contributed by atoms with Gasteiger partial charge in [-0.2, -0.15) is 0 Å². The van der Waals surface area contributed by atoms with Gasteiger partial charge in [0.2, 0.25) is 0 Å². The van der Waals surface area contributed by atoms with Gasteiger partial charge < -0.3 is 5.32 Å². The van der Waals surface area contributed by atoms with Crippen LogP contribution < -0.4 is 5.32 Å². The lowest BCUT2D eigenvalue weighted by Crippen LogP contribution is -2.03. The second-order valence-corrected chi connectivity index (χ2v) is 3.03. The van der Waals surface area contributed by atoms with Gasteiger partial charge in [0.1, 0.15) is 0 Å². The van der Waals surface area contributed by atoms with E-state index in [0.29, 0.717) is 0 Å². The van der Waals surface area contributed by atoms with Crippen LogP contribution in [0.4, 0.5) is 5.69 Å². The van der Waals surface area contributed by atoms with Crippen molar-refractivity contribution in [2.24, 2.45) is 0 Å². The van der Waals surface area contributed by atoms with Gasteiger partial charge in [-0.15, -0.1) is 0 Å². The number of nitrogens with one attached hydrogen (secondary N) is 1. The van der Waals surface area contributed by atoms with Crippen molar-refractivity contribution in [2.45, 2.75) is 13.3 Å². The van der Waals surface area contributed by atoms with Crippen molar-refractivity contribution in [1.29, 1.82) is 0 Å². The SMILES string of the molecule is CC/C=C1\C(=O)Nc2ccccc21. The van der Waals surface area contributed by atoms with Gasteiger partial charge in [-0.25, -0.2) is 0 Å². The van der Waals surface area contributed by atoms with Crippen molar-refractivity contribution < 1.29 is 4.79 Å². The van der Waals surface area contributed by atoms with Crippen molar-refractivity contribution in [3.05, 3.63) is 35.9 Å². The number of hydrogen-bond acceptors (Lipinski definition) is 1. The normalized spacial score (nSPS) is 17.3. The largest absolute Gasteiger partial charge is 0.321 e. The first-order valence-electron chi connectivity index (χ1n) is 4.44. The Labute approximate surface area is 77.3 Å². The monoisotopic (exact) mass is 173 g/mol. The number of allylic oxidation sites excluding steroid dienone is 1. The minimum absolute atomic E-state index is 0.0167. The lowest BCUT2D eigenvalue weighted by Gasteiger charge is -1.94. The first-order chi connectivity index (χ1) is 6.33. The first kappa shape index (κ1) is 8.05. The highest BCUT2D eigenvalue weighted by atomic mass is 16.1. The van der Waals surface area contributed by atoms with Crippen LogP contribution in [0.3, 0.4) is 0 Å². The first-order valence-corrected chi connectivity index (χ1v) is 4.44. The molecule has 1 aliphatic rings. The van der Waals surface area contributed by atoms with Crippen molar-refractivity contribution in [3.63, 3.8) is 0 Å². The molecule has 0 atom stereocenters. The maximum Gasteiger partial charge on any atom is 0.256 e. The number of para-hydroxylation sites is 1. The van der Waals surface area contributed by atoms with Crippen LogP contribution >= 0.6 is 0 Å². The highest BCUT2D eigenvalue weighted by Crippen LogP contribution is 2.31. The average Bonchev–Trinajstić information content (AvgIpc) is 2.44. The third-order valence-corrected chi connectivity index (χ3v) is 2.12. The molecular formula is C11H11NO. The number of hydrogen-bond donors (Lipinski definition) is 1. The summed E-state index contributed by atoms with van der Waals surface area (Å²) in [6.45, 7) is 2.03. The van der Waals surface area contributed by atoms with Crippen LogP contribution in [0, 0.1) is 0 Å². The van der Waals surface area contributed by atoms with Gasteiger partial charge >= 0.3 is 0 Å². The van der Waals surface area contributed by atoms with Gasteiger partial charge in [-0.05, 0) is 12.5 Å². The smallest absolute Gasteiger partial charge is 0.256 e. The van der Waals surface area contributed by atoms with Gasteiger partial charge in [0.15, 0.2) is 0 Å². The molecule has 66 valence electrons. The molecule has 1 amide bonds. The molecule has 0 radical (unpaired) electrons. The number of carbonyl (C=O) groups is 1. The fourth-order valence-electron chi connectivity index (χ4n) is 1.55. The molecule has 1 aliphatic heterocycles. The maximum absolute atomic E-state index is 11.4. The van der Waals surface area contributed by atoms with Gasteiger partial charge in [-0.1, -0.05) is 31.2 Å². The molecule has 0 saturated carbocycles. The maximum atomic E-state index is 11.4. The molecule has 0 fully saturated rings. The lowest BCUT2D eigenvalue weighted by atomic mass is 10.1. The van der Waals surface area contributed by atoms with Crippen molar-refractivity contribution in [1.82, 2.24) is 0 Å². The van der Waals surface area contributed by atoms with Crippen LogP contribution in [0.15, 0.2) is 30.3 Å². The Morgan fingerprint density at radius 1 is 1.38 bits per heavy atom. The van der Waals surface area contributed by atoms with E-state index in [1.807, 2.05) is 37.3 Å². The molecule has 0 saturated heterocycles. The Morgan fingerprint density at radius 3 is 2.92 bits per heavy atom. The summed E-state index contributed by atoms with van der Waals surface area (Å²) in [4.78, 5) is 11.4. The Hall–Kier alpha value is -1.57. The predicted molar refractivity (Wildman–Crippen MR) is 53.3 cm³/mol. The van der Waals surface area contributed by atoms with E-state index in [1.165, 1.54) is 0 Å². The Bertz CT molecular complexity index is 379. The fraction of sp³-hybridized carbons (Fsp3) is 0.182. The predicted octanol–water partition coefficient (Wildman–Crippen LogP) is 2.43. The van der Waals surface area contributed by atoms with E-state index in [0.717, 1.165) is 23.2 Å². The van der Waals surface area contributed by atoms with Crippen LogP contribution in [-0.2, 0) is 4.79 Å². The number of amides is 1. The van der Waals surface area contributed by atoms with Crippen molar-refractivity contribution >= 4 is 17.2 Å². The van der Waals surface area contributed by atoms with Gasteiger partial charge in [-0.3, -0.25) is 4.79 Å². The topological polar surface area (TPSA) is 29.1 Å². The van der Waals surface area contributed by atoms with Gasteiger partial charge in [0.05, 0.1) is 0 Å². The third-order valence-electron chi connectivity index (χ3n) is 2.12. The summed E-state index contributed by atoms with van der Waals surface area (Å²) < 4.78 is 0. The molecule has 2 rings (SSSR count). The summed E-state index contributed by atoms with van der Waals surface area (Å²) in [5.41, 5.74) is 2.75. The summed E-state index contributed by atoms with van der Waals surface area (Å²) in [5, 5.41) is 2.83. The number of benzene rings is 1. The highest BCUT2D eigenvalue weighted by molar-refractivity contribution is 6.31. The number of anilines is 1. The molecule has 2 nitrogen and oxygen atoms in total. The second-order valence-electron chi connectivity index (χ2n) is 3.03. The molecule has 1 heterocycles. The summed E-state index contributed by atoms with van der Waals surface area (Å²) in [6, 6.07) is 7.76. The van der Waals surface area contributed by atoms with E-state index in [1.54, 1.807) is 0 Å². The van der Waals surface area contributed by atoms with E-state index >= 15 is 0 Å². The van der Waals surface area contributed by atoms with Crippen molar-refractivity contribution in [2.75, 3.05) is 5.32 Å². The van der Waals surface area contributed by atoms with Crippen LogP contribution in [0.5, 0.6) is 0 Å². The van der Waals surface area contributed by atoms with E-state index in [2.05, 4.69) is 5.32 Å². The molecule has 0 unspecified atom stereocenters. The van der Waals surface area contributed by atoms with E-state index in [4.69, 9.17) is 0 Å². The lowest BCUT2D eigenvalue weighted by molar-refractivity contribution is -0.110. The van der Waals surface area contributed by atoms with E-state index < -0.39 is 0 Å². The zero-order valence-electron chi connectivity index (χ0n) is 7.50. The van der Waals surface area contributed by atoms with E-state index in [-0.39, 0.29) is 5.91 Å².